The van der Waals surface area contributed by atoms with Crippen LogP contribution in [0.15, 0.2) is 36.0 Å². The van der Waals surface area contributed by atoms with E-state index in [0.29, 0.717) is 10.8 Å². The molecule has 4 aliphatic carbocycles. The fraction of sp³-hybridized carbons (Fsp3) is 0.684. The highest BCUT2D eigenvalue weighted by molar-refractivity contribution is 5.41. The van der Waals surface area contributed by atoms with Crippen LogP contribution in [0.3, 0.4) is 0 Å². The van der Waals surface area contributed by atoms with Crippen molar-refractivity contribution >= 4 is 0 Å². The van der Waals surface area contributed by atoms with Gasteiger partial charge in [0.15, 0.2) is 0 Å². The average molecular weight is 254 g/mol. The third-order valence-electron chi connectivity index (χ3n) is 7.05. The minimum absolute atomic E-state index is 0.335. The molecule has 4 aliphatic rings. The summed E-state index contributed by atoms with van der Waals surface area (Å²) in [6.07, 6.45) is 20.6. The second-order valence-electron chi connectivity index (χ2n) is 7.86. The van der Waals surface area contributed by atoms with E-state index in [-0.39, 0.29) is 0 Å². The van der Waals surface area contributed by atoms with Crippen LogP contribution in [0.25, 0.3) is 0 Å². The second kappa shape index (κ2) is 3.87. The maximum Gasteiger partial charge on any atom is 0.0135 e. The van der Waals surface area contributed by atoms with Gasteiger partial charge in [-0.1, -0.05) is 50.6 Å². The normalized spacial score (nSPS) is 51.3. The van der Waals surface area contributed by atoms with Crippen LogP contribution in [0.5, 0.6) is 0 Å². The van der Waals surface area contributed by atoms with Crippen LogP contribution in [-0.4, -0.2) is 0 Å². The molecule has 19 heavy (non-hydrogen) atoms. The molecule has 0 aromatic rings. The van der Waals surface area contributed by atoms with E-state index in [1.54, 1.807) is 5.57 Å². The van der Waals surface area contributed by atoms with Crippen molar-refractivity contribution in [1.82, 2.24) is 0 Å². The summed E-state index contributed by atoms with van der Waals surface area (Å²) in [5.41, 5.74) is 2.61. The first-order chi connectivity index (χ1) is 9.13. The number of allylic oxidation sites excluding steroid dienone is 6. The maximum absolute atomic E-state index is 2.58. The summed E-state index contributed by atoms with van der Waals surface area (Å²) in [5.74, 6) is 2.84. The number of hydrogen-bond donors (Lipinski definition) is 0. The van der Waals surface area contributed by atoms with Gasteiger partial charge in [0.25, 0.3) is 0 Å². The van der Waals surface area contributed by atoms with E-state index in [4.69, 9.17) is 0 Å². The van der Waals surface area contributed by atoms with Crippen molar-refractivity contribution in [3.8, 4) is 0 Å². The summed E-state index contributed by atoms with van der Waals surface area (Å²) in [5, 5.41) is 0. The van der Waals surface area contributed by atoms with Crippen LogP contribution in [0.4, 0.5) is 0 Å². The molecule has 2 fully saturated rings. The van der Waals surface area contributed by atoms with Crippen molar-refractivity contribution in [2.24, 2.45) is 28.6 Å². The maximum atomic E-state index is 2.58. The molecule has 0 saturated heterocycles. The van der Waals surface area contributed by atoms with Crippen LogP contribution >= 0.6 is 0 Å². The standard InChI is InChI=1S/C19H26/c1-18-11-5-7-16(18)15-9-8-14-6-3-4-12-19(14,2)17(15)10-13-18/h3-4,6,8,12,15-17H,5,7,9-11,13H2,1-2H3/t15-,16-,17-,18-,19-/m0/s1. The van der Waals surface area contributed by atoms with Crippen molar-refractivity contribution in [1.29, 1.82) is 0 Å². The Morgan fingerprint density at radius 3 is 2.84 bits per heavy atom. The van der Waals surface area contributed by atoms with E-state index < -0.39 is 0 Å². The Kier molecular flexibility index (Phi) is 2.44. The van der Waals surface area contributed by atoms with Gasteiger partial charge in [0.1, 0.15) is 0 Å². The predicted molar refractivity (Wildman–Crippen MR) is 80.7 cm³/mol. The van der Waals surface area contributed by atoms with Crippen LogP contribution < -0.4 is 0 Å². The van der Waals surface area contributed by atoms with Crippen molar-refractivity contribution in [3.63, 3.8) is 0 Å². The van der Waals surface area contributed by atoms with E-state index in [1.807, 2.05) is 0 Å². The lowest BCUT2D eigenvalue weighted by Gasteiger charge is -2.54. The molecule has 0 aliphatic heterocycles. The summed E-state index contributed by atoms with van der Waals surface area (Å²) in [7, 11) is 0. The third-order valence-corrected chi connectivity index (χ3v) is 7.05. The zero-order valence-electron chi connectivity index (χ0n) is 12.4. The zero-order valence-corrected chi connectivity index (χ0v) is 12.4. The fourth-order valence-corrected chi connectivity index (χ4v) is 5.93. The monoisotopic (exact) mass is 254 g/mol. The van der Waals surface area contributed by atoms with Crippen LogP contribution in [0, 0.1) is 28.6 Å². The van der Waals surface area contributed by atoms with Crippen molar-refractivity contribution < 1.29 is 0 Å². The molecule has 0 aromatic heterocycles. The molecule has 0 aromatic carbocycles. The Hall–Kier alpha value is -0.780. The van der Waals surface area contributed by atoms with E-state index in [2.05, 4.69) is 44.2 Å². The third kappa shape index (κ3) is 1.52. The number of rotatable bonds is 0. The molecule has 0 amide bonds. The van der Waals surface area contributed by atoms with E-state index in [1.165, 1.54) is 38.5 Å². The average Bonchev–Trinajstić information content (AvgIpc) is 2.79. The Labute approximate surface area is 117 Å². The molecule has 0 heteroatoms. The van der Waals surface area contributed by atoms with Gasteiger partial charge in [-0.3, -0.25) is 0 Å². The SMILES string of the molecule is C[C@@]12CCC[C@H]1[C@@H]1CC=C3C=CC=C[C@]3(C)[C@H]1CC2. The highest BCUT2D eigenvalue weighted by atomic mass is 14.6. The van der Waals surface area contributed by atoms with Gasteiger partial charge in [0.2, 0.25) is 0 Å². The minimum Gasteiger partial charge on any atom is -0.0801 e. The first-order valence-corrected chi connectivity index (χ1v) is 8.20. The quantitative estimate of drug-likeness (QED) is 0.551. The van der Waals surface area contributed by atoms with Crippen molar-refractivity contribution in [2.75, 3.05) is 0 Å². The smallest absolute Gasteiger partial charge is 0.0135 e. The lowest BCUT2D eigenvalue weighted by Crippen LogP contribution is -2.46. The predicted octanol–water partition coefficient (Wildman–Crippen LogP) is 5.28. The van der Waals surface area contributed by atoms with Gasteiger partial charge < -0.3 is 0 Å². The van der Waals surface area contributed by atoms with Gasteiger partial charge in [-0.15, -0.1) is 0 Å². The molecular weight excluding hydrogens is 228 g/mol. The highest BCUT2D eigenvalue weighted by Crippen LogP contribution is 2.63. The van der Waals surface area contributed by atoms with Crippen molar-refractivity contribution in [2.45, 2.75) is 52.4 Å². The number of fused-ring (bicyclic) bond motifs is 5. The lowest BCUT2D eigenvalue weighted by molar-refractivity contribution is 0.000446. The molecule has 5 atom stereocenters. The topological polar surface area (TPSA) is 0 Å². The van der Waals surface area contributed by atoms with Crippen LogP contribution in [0.2, 0.25) is 0 Å². The number of hydrogen-bond acceptors (Lipinski definition) is 0. The Morgan fingerprint density at radius 1 is 1.05 bits per heavy atom. The van der Waals surface area contributed by atoms with Crippen molar-refractivity contribution in [3.05, 3.63) is 36.0 Å². The molecule has 0 radical (unpaired) electrons. The molecule has 0 unspecified atom stereocenters. The summed E-state index contributed by atoms with van der Waals surface area (Å²) >= 11 is 0. The summed E-state index contributed by atoms with van der Waals surface area (Å²) in [6.45, 7) is 5.08. The molecule has 0 bridgehead atoms. The first-order valence-electron chi connectivity index (χ1n) is 8.20. The van der Waals surface area contributed by atoms with Crippen LogP contribution in [0.1, 0.15) is 52.4 Å². The molecule has 0 nitrogen and oxygen atoms in total. The van der Waals surface area contributed by atoms with Gasteiger partial charge in [-0.05, 0) is 60.8 Å². The van der Waals surface area contributed by atoms with Gasteiger partial charge in [0.05, 0.1) is 0 Å². The molecule has 0 spiro atoms. The molecule has 0 heterocycles. The van der Waals surface area contributed by atoms with E-state index in [0.717, 1.165) is 17.8 Å². The summed E-state index contributed by atoms with van der Waals surface area (Å²) < 4.78 is 0. The lowest BCUT2D eigenvalue weighted by atomic mass is 9.50. The van der Waals surface area contributed by atoms with E-state index >= 15 is 0 Å². The van der Waals surface area contributed by atoms with Gasteiger partial charge >= 0.3 is 0 Å². The molecule has 2 saturated carbocycles. The highest BCUT2D eigenvalue weighted by Gasteiger charge is 2.54. The Balaban J connectivity index is 1.75. The Morgan fingerprint density at radius 2 is 1.95 bits per heavy atom. The second-order valence-corrected chi connectivity index (χ2v) is 7.86. The first kappa shape index (κ1) is 12.0. The summed E-state index contributed by atoms with van der Waals surface area (Å²) in [4.78, 5) is 0. The van der Waals surface area contributed by atoms with Gasteiger partial charge in [0, 0.05) is 5.41 Å². The summed E-state index contributed by atoms with van der Waals surface area (Å²) in [6, 6.07) is 0. The molecule has 0 N–H and O–H groups in total. The largest absolute Gasteiger partial charge is 0.0801 e. The Bertz CT molecular complexity index is 480. The minimum atomic E-state index is 0.335. The van der Waals surface area contributed by atoms with E-state index in [9.17, 15) is 0 Å². The molecule has 102 valence electrons. The van der Waals surface area contributed by atoms with Crippen LogP contribution in [-0.2, 0) is 0 Å². The van der Waals surface area contributed by atoms with Gasteiger partial charge in [-0.2, -0.15) is 0 Å². The molecular formula is C19H26. The fourth-order valence-electron chi connectivity index (χ4n) is 5.93. The molecule has 4 rings (SSSR count). The zero-order chi connectivity index (χ0) is 13.1. The van der Waals surface area contributed by atoms with Gasteiger partial charge in [-0.25, -0.2) is 0 Å².